The van der Waals surface area contributed by atoms with Gasteiger partial charge in [-0.1, -0.05) is 12.1 Å². The van der Waals surface area contributed by atoms with Gasteiger partial charge in [0.1, 0.15) is 11.4 Å². The van der Waals surface area contributed by atoms with Crippen molar-refractivity contribution in [1.82, 2.24) is 4.90 Å². The number of piperidine rings is 1. The Balaban J connectivity index is 1.74. The fourth-order valence-electron chi connectivity index (χ4n) is 3.28. The molecule has 0 aromatic heterocycles. The van der Waals surface area contributed by atoms with E-state index in [1.165, 1.54) is 6.26 Å². The number of Topliss-reactive ketones (excluding diaryl/α,β-unsaturated/α-hetero) is 1. The molecule has 2 rings (SSSR count). The number of hydrogen-bond donors (Lipinski definition) is 0. The SMILES string of the molecule is CC(C)(C)OC(=O)N1CCC(C(=O)CCCc2ccc(S(C)(=O)=O)cc2)CC1. The molecule has 156 valence electrons. The molecule has 28 heavy (non-hydrogen) atoms. The predicted octanol–water partition coefficient (Wildman–Crippen LogP) is 3.63. The summed E-state index contributed by atoms with van der Waals surface area (Å²) in [6.07, 6.45) is 4.23. The number of aryl methyl sites for hydroxylation is 1. The second kappa shape index (κ2) is 9.07. The molecule has 0 atom stereocenters. The zero-order chi connectivity index (χ0) is 20.9. The number of carbonyl (C=O) groups excluding carboxylic acids is 2. The molecular formula is C21H31NO5S. The van der Waals surface area contributed by atoms with Gasteiger partial charge in [-0.3, -0.25) is 4.79 Å². The molecular weight excluding hydrogens is 378 g/mol. The average Bonchev–Trinajstić information content (AvgIpc) is 2.60. The minimum atomic E-state index is -3.18. The van der Waals surface area contributed by atoms with Crippen molar-refractivity contribution < 1.29 is 22.7 Å². The highest BCUT2D eigenvalue weighted by Gasteiger charge is 2.29. The van der Waals surface area contributed by atoms with Crippen molar-refractivity contribution in [2.75, 3.05) is 19.3 Å². The number of likely N-dealkylation sites (tertiary alicyclic amines) is 1. The Bertz CT molecular complexity index is 785. The smallest absolute Gasteiger partial charge is 0.410 e. The third kappa shape index (κ3) is 6.93. The Hall–Kier alpha value is -1.89. The molecule has 1 aromatic rings. The van der Waals surface area contributed by atoms with Crippen molar-refractivity contribution in [3.63, 3.8) is 0 Å². The van der Waals surface area contributed by atoms with Gasteiger partial charge < -0.3 is 9.64 Å². The number of amides is 1. The summed E-state index contributed by atoms with van der Waals surface area (Å²) in [6.45, 7) is 6.64. The van der Waals surface area contributed by atoms with Crippen molar-refractivity contribution in [2.45, 2.75) is 63.4 Å². The molecule has 0 saturated carbocycles. The standard InChI is InChI=1S/C21H31NO5S/c1-21(2,3)27-20(24)22-14-12-17(13-15-22)19(23)7-5-6-16-8-10-18(11-9-16)28(4,25)26/h8-11,17H,5-7,12-15H2,1-4H3. The topological polar surface area (TPSA) is 80.8 Å². The lowest BCUT2D eigenvalue weighted by molar-refractivity contribution is -0.124. The van der Waals surface area contributed by atoms with Crippen molar-refractivity contribution in [3.05, 3.63) is 29.8 Å². The van der Waals surface area contributed by atoms with Crippen LogP contribution in [0, 0.1) is 5.92 Å². The van der Waals surface area contributed by atoms with Gasteiger partial charge in [-0.2, -0.15) is 0 Å². The van der Waals surface area contributed by atoms with Gasteiger partial charge in [0.25, 0.3) is 0 Å². The Labute approximate surface area is 168 Å². The lowest BCUT2D eigenvalue weighted by Gasteiger charge is -2.33. The zero-order valence-corrected chi connectivity index (χ0v) is 18.0. The molecule has 7 heteroatoms. The summed E-state index contributed by atoms with van der Waals surface area (Å²) in [5.41, 5.74) is 0.517. The van der Waals surface area contributed by atoms with Crippen LogP contribution in [0.1, 0.15) is 52.0 Å². The van der Waals surface area contributed by atoms with Gasteiger partial charge in [0.05, 0.1) is 4.90 Å². The third-order valence-electron chi connectivity index (χ3n) is 4.84. The number of ketones is 1. The molecule has 0 aliphatic carbocycles. The highest BCUT2D eigenvalue weighted by molar-refractivity contribution is 7.90. The molecule has 1 heterocycles. The molecule has 1 aromatic carbocycles. The van der Waals surface area contributed by atoms with Crippen LogP contribution in [0.25, 0.3) is 0 Å². The number of rotatable bonds is 6. The monoisotopic (exact) mass is 409 g/mol. The highest BCUT2D eigenvalue weighted by Crippen LogP contribution is 2.22. The minimum Gasteiger partial charge on any atom is -0.444 e. The molecule has 0 N–H and O–H groups in total. The van der Waals surface area contributed by atoms with E-state index < -0.39 is 15.4 Å². The first-order chi connectivity index (χ1) is 13.0. The first-order valence-electron chi connectivity index (χ1n) is 9.75. The quantitative estimate of drug-likeness (QED) is 0.717. The van der Waals surface area contributed by atoms with E-state index in [2.05, 4.69) is 0 Å². The highest BCUT2D eigenvalue weighted by atomic mass is 32.2. The average molecular weight is 410 g/mol. The van der Waals surface area contributed by atoms with E-state index in [-0.39, 0.29) is 17.8 Å². The maximum atomic E-state index is 12.5. The summed E-state index contributed by atoms with van der Waals surface area (Å²) in [5, 5.41) is 0. The summed E-state index contributed by atoms with van der Waals surface area (Å²) in [4.78, 5) is 26.5. The Morgan fingerprint density at radius 1 is 1.11 bits per heavy atom. The normalized spacial score (nSPS) is 16.1. The number of hydrogen-bond acceptors (Lipinski definition) is 5. The van der Waals surface area contributed by atoms with E-state index in [0.29, 0.717) is 37.2 Å². The summed E-state index contributed by atoms with van der Waals surface area (Å²) in [7, 11) is -3.18. The molecule has 6 nitrogen and oxygen atoms in total. The molecule has 1 aliphatic rings. The minimum absolute atomic E-state index is 0.00583. The lowest BCUT2D eigenvalue weighted by atomic mass is 9.90. The third-order valence-corrected chi connectivity index (χ3v) is 5.97. The van der Waals surface area contributed by atoms with Gasteiger partial charge >= 0.3 is 6.09 Å². The van der Waals surface area contributed by atoms with Crippen LogP contribution in [0.5, 0.6) is 0 Å². The van der Waals surface area contributed by atoms with Crippen molar-refractivity contribution in [1.29, 1.82) is 0 Å². The second-order valence-corrected chi connectivity index (χ2v) is 10.5. The van der Waals surface area contributed by atoms with E-state index in [4.69, 9.17) is 4.74 Å². The summed E-state index contributed by atoms with van der Waals surface area (Å²) < 4.78 is 28.3. The van der Waals surface area contributed by atoms with Gasteiger partial charge in [-0.25, -0.2) is 13.2 Å². The number of carbonyl (C=O) groups is 2. The largest absolute Gasteiger partial charge is 0.444 e. The van der Waals surface area contributed by atoms with Crippen molar-refractivity contribution in [2.24, 2.45) is 5.92 Å². The van der Waals surface area contributed by atoms with Gasteiger partial charge in [-0.15, -0.1) is 0 Å². The molecule has 0 spiro atoms. The molecule has 0 radical (unpaired) electrons. The molecule has 1 amide bonds. The van der Waals surface area contributed by atoms with Gasteiger partial charge in [-0.05, 0) is 64.2 Å². The maximum absolute atomic E-state index is 12.5. The second-order valence-electron chi connectivity index (χ2n) is 8.48. The lowest BCUT2D eigenvalue weighted by Crippen LogP contribution is -2.42. The number of benzene rings is 1. The number of sulfone groups is 1. The summed E-state index contributed by atoms with van der Waals surface area (Å²) in [5.74, 6) is 0.253. The van der Waals surface area contributed by atoms with Crippen LogP contribution in [0.15, 0.2) is 29.2 Å². The Morgan fingerprint density at radius 2 is 1.68 bits per heavy atom. The number of ether oxygens (including phenoxy) is 1. The summed E-state index contributed by atoms with van der Waals surface area (Å²) in [6, 6.07) is 6.83. The van der Waals surface area contributed by atoms with Crippen LogP contribution < -0.4 is 0 Å². The molecule has 1 saturated heterocycles. The Kier molecular flexibility index (Phi) is 7.26. The van der Waals surface area contributed by atoms with Crippen LogP contribution in [-0.4, -0.2) is 50.1 Å². The first-order valence-corrected chi connectivity index (χ1v) is 11.6. The fraction of sp³-hybridized carbons (Fsp3) is 0.619. The summed E-state index contributed by atoms with van der Waals surface area (Å²) >= 11 is 0. The fourth-order valence-corrected chi connectivity index (χ4v) is 3.92. The van der Waals surface area contributed by atoms with Crippen LogP contribution in [-0.2, 0) is 25.8 Å². The van der Waals surface area contributed by atoms with Crippen LogP contribution in [0.3, 0.4) is 0 Å². The Morgan fingerprint density at radius 3 is 2.18 bits per heavy atom. The molecule has 1 fully saturated rings. The zero-order valence-electron chi connectivity index (χ0n) is 17.2. The predicted molar refractivity (Wildman–Crippen MR) is 108 cm³/mol. The van der Waals surface area contributed by atoms with Crippen LogP contribution >= 0.6 is 0 Å². The van der Waals surface area contributed by atoms with Crippen molar-refractivity contribution in [3.8, 4) is 0 Å². The van der Waals surface area contributed by atoms with Gasteiger partial charge in [0, 0.05) is 31.7 Å². The van der Waals surface area contributed by atoms with Crippen molar-refractivity contribution >= 4 is 21.7 Å². The number of nitrogens with zero attached hydrogens (tertiary/aromatic N) is 1. The van der Waals surface area contributed by atoms with E-state index in [9.17, 15) is 18.0 Å². The molecule has 0 bridgehead atoms. The van der Waals surface area contributed by atoms with E-state index in [1.54, 1.807) is 29.2 Å². The van der Waals surface area contributed by atoms with E-state index in [0.717, 1.165) is 18.4 Å². The molecule has 1 aliphatic heterocycles. The van der Waals surface area contributed by atoms with E-state index >= 15 is 0 Å². The molecule has 0 unspecified atom stereocenters. The van der Waals surface area contributed by atoms with Crippen LogP contribution in [0.2, 0.25) is 0 Å². The van der Waals surface area contributed by atoms with Gasteiger partial charge in [0.15, 0.2) is 9.84 Å². The van der Waals surface area contributed by atoms with Crippen LogP contribution in [0.4, 0.5) is 4.79 Å². The maximum Gasteiger partial charge on any atom is 0.410 e. The van der Waals surface area contributed by atoms with E-state index in [1.807, 2.05) is 20.8 Å². The first kappa shape index (κ1) is 22.4. The van der Waals surface area contributed by atoms with Gasteiger partial charge in [0.2, 0.25) is 0 Å².